The second-order valence-corrected chi connectivity index (χ2v) is 6.43. The van der Waals surface area contributed by atoms with Crippen LogP contribution in [0.4, 0.5) is 0 Å². The van der Waals surface area contributed by atoms with Crippen molar-refractivity contribution < 1.29 is 5.11 Å². The normalized spacial score (nSPS) is 16.3. The Hall–Kier alpha value is -0.860. The van der Waals surface area contributed by atoms with Crippen molar-refractivity contribution in [3.8, 4) is 0 Å². The number of nitrogens with zero attached hydrogens (tertiary/aromatic N) is 2. The van der Waals surface area contributed by atoms with Gasteiger partial charge in [0.1, 0.15) is 0 Å². The number of hydrogen-bond donors (Lipinski definition) is 3. The molecule has 1 fully saturated rings. The largest absolute Gasteiger partial charge is 0.396 e. The molecule has 0 saturated carbocycles. The molecule has 1 aliphatic rings. The summed E-state index contributed by atoms with van der Waals surface area (Å²) in [6.07, 6.45) is 5.11. The monoisotopic (exact) mass is 460 g/mol. The van der Waals surface area contributed by atoms with Gasteiger partial charge in [-0.25, -0.2) is 0 Å². The molecule has 2 rings (SSSR count). The van der Waals surface area contributed by atoms with Gasteiger partial charge in [-0.05, 0) is 50.9 Å². The van der Waals surface area contributed by atoms with E-state index < -0.39 is 0 Å². The Labute approximate surface area is 169 Å². The van der Waals surface area contributed by atoms with E-state index in [2.05, 4.69) is 32.7 Å². The summed E-state index contributed by atoms with van der Waals surface area (Å²) in [5.74, 6) is 0.894. The molecule has 25 heavy (non-hydrogen) atoms. The zero-order valence-corrected chi connectivity index (χ0v) is 17.6. The summed E-state index contributed by atoms with van der Waals surface area (Å²) in [5.41, 5.74) is 1.15. The number of hydrogen-bond acceptors (Lipinski definition) is 3. The Kier molecular flexibility index (Phi) is 11.9. The van der Waals surface area contributed by atoms with Crippen molar-refractivity contribution in [2.24, 2.45) is 4.99 Å². The van der Waals surface area contributed by atoms with Gasteiger partial charge in [-0.15, -0.1) is 24.0 Å². The molecule has 5 nitrogen and oxygen atoms in total. The highest BCUT2D eigenvalue weighted by atomic mass is 127. The van der Waals surface area contributed by atoms with E-state index in [9.17, 15) is 5.11 Å². The fraction of sp³-hybridized carbons (Fsp3) is 0.632. The lowest BCUT2D eigenvalue weighted by molar-refractivity contribution is 0.265. The zero-order valence-electron chi connectivity index (χ0n) is 15.3. The summed E-state index contributed by atoms with van der Waals surface area (Å²) < 4.78 is 0. The maximum absolute atomic E-state index is 9.61. The molecule has 3 N–H and O–H groups in total. The first kappa shape index (κ1) is 22.2. The number of rotatable bonds is 9. The van der Waals surface area contributed by atoms with Crippen molar-refractivity contribution >= 4 is 29.9 Å². The summed E-state index contributed by atoms with van der Waals surface area (Å²) in [6, 6.07) is 10.1. The van der Waals surface area contributed by atoms with E-state index in [0.29, 0.717) is 6.54 Å². The van der Waals surface area contributed by atoms with Crippen LogP contribution in [0.2, 0.25) is 0 Å². The van der Waals surface area contributed by atoms with Gasteiger partial charge in [0.15, 0.2) is 5.96 Å². The molecule has 1 heterocycles. The minimum absolute atomic E-state index is 0. The maximum atomic E-state index is 9.61. The average molecular weight is 460 g/mol. The standard InChI is InChI=1S/C19H32N4O.HI/c1-20-19(21-11-5-6-12-23-13-7-8-14-23)22-15-18(16-24)17-9-3-2-4-10-17;/h2-4,9-10,18,24H,5-8,11-16H2,1H3,(H2,20,21,22);1H. The number of halogens is 1. The molecule has 1 aliphatic heterocycles. The summed E-state index contributed by atoms with van der Waals surface area (Å²) in [5, 5.41) is 16.3. The van der Waals surface area contributed by atoms with Crippen molar-refractivity contribution in [2.45, 2.75) is 31.6 Å². The van der Waals surface area contributed by atoms with E-state index in [1.807, 2.05) is 18.2 Å². The molecule has 6 heteroatoms. The Balaban J connectivity index is 0.00000312. The maximum Gasteiger partial charge on any atom is 0.190 e. The van der Waals surface area contributed by atoms with E-state index in [4.69, 9.17) is 0 Å². The Morgan fingerprint density at radius 1 is 1.16 bits per heavy atom. The third kappa shape index (κ3) is 8.37. The van der Waals surface area contributed by atoms with Crippen LogP contribution in [-0.4, -0.2) is 62.3 Å². The highest BCUT2D eigenvalue weighted by Crippen LogP contribution is 2.13. The summed E-state index contributed by atoms with van der Waals surface area (Å²) >= 11 is 0. The van der Waals surface area contributed by atoms with Gasteiger partial charge in [-0.1, -0.05) is 30.3 Å². The van der Waals surface area contributed by atoms with Crippen LogP contribution in [0.15, 0.2) is 35.3 Å². The average Bonchev–Trinajstić information content (AvgIpc) is 3.14. The first-order valence-electron chi connectivity index (χ1n) is 9.16. The van der Waals surface area contributed by atoms with E-state index in [1.165, 1.54) is 38.9 Å². The SMILES string of the molecule is CN=C(NCCCCN1CCCC1)NCC(CO)c1ccccc1.I. The van der Waals surface area contributed by atoms with E-state index >= 15 is 0 Å². The van der Waals surface area contributed by atoms with Gasteiger partial charge in [-0.2, -0.15) is 0 Å². The predicted molar refractivity (Wildman–Crippen MR) is 116 cm³/mol. The number of aliphatic imine (C=N–C) groups is 1. The van der Waals surface area contributed by atoms with Crippen molar-refractivity contribution in [3.05, 3.63) is 35.9 Å². The van der Waals surface area contributed by atoms with Crippen molar-refractivity contribution in [1.29, 1.82) is 0 Å². The molecule has 1 aromatic carbocycles. The molecule has 1 aromatic rings. The Bertz CT molecular complexity index is 478. The first-order chi connectivity index (χ1) is 11.8. The van der Waals surface area contributed by atoms with Crippen LogP contribution in [0.5, 0.6) is 0 Å². The number of aliphatic hydroxyl groups is 1. The van der Waals surface area contributed by atoms with Crippen LogP contribution in [0.25, 0.3) is 0 Å². The lowest BCUT2D eigenvalue weighted by atomic mass is 10.0. The summed E-state index contributed by atoms with van der Waals surface area (Å²) in [4.78, 5) is 6.82. The van der Waals surface area contributed by atoms with E-state index in [0.717, 1.165) is 24.5 Å². The minimum Gasteiger partial charge on any atom is -0.396 e. The van der Waals surface area contributed by atoms with Gasteiger partial charge in [0, 0.05) is 26.1 Å². The van der Waals surface area contributed by atoms with Crippen molar-refractivity contribution in [2.75, 3.05) is 46.4 Å². The van der Waals surface area contributed by atoms with Crippen LogP contribution in [0.1, 0.15) is 37.2 Å². The van der Waals surface area contributed by atoms with Gasteiger partial charge in [0.2, 0.25) is 0 Å². The quantitative estimate of drug-likeness (QED) is 0.229. The molecular formula is C19H33IN4O. The topological polar surface area (TPSA) is 59.9 Å². The van der Waals surface area contributed by atoms with E-state index in [-0.39, 0.29) is 36.5 Å². The molecule has 0 bridgehead atoms. The van der Waals surface area contributed by atoms with Crippen LogP contribution in [-0.2, 0) is 0 Å². The van der Waals surface area contributed by atoms with Crippen LogP contribution >= 0.6 is 24.0 Å². The number of aliphatic hydroxyl groups excluding tert-OH is 1. The number of guanidine groups is 1. The summed E-state index contributed by atoms with van der Waals surface area (Å²) in [6.45, 7) is 5.51. The third-order valence-corrected chi connectivity index (χ3v) is 4.62. The molecule has 1 saturated heterocycles. The van der Waals surface area contributed by atoms with Gasteiger partial charge in [-0.3, -0.25) is 4.99 Å². The van der Waals surface area contributed by atoms with Crippen LogP contribution < -0.4 is 10.6 Å². The molecule has 142 valence electrons. The number of benzene rings is 1. The number of unbranched alkanes of at least 4 members (excludes halogenated alkanes) is 1. The molecule has 0 aliphatic carbocycles. The van der Waals surface area contributed by atoms with E-state index in [1.54, 1.807) is 7.05 Å². The molecule has 0 spiro atoms. The van der Waals surface area contributed by atoms with Crippen molar-refractivity contribution in [1.82, 2.24) is 15.5 Å². The highest BCUT2D eigenvalue weighted by molar-refractivity contribution is 14.0. The molecule has 1 atom stereocenters. The van der Waals surface area contributed by atoms with Crippen molar-refractivity contribution in [3.63, 3.8) is 0 Å². The third-order valence-electron chi connectivity index (χ3n) is 4.62. The first-order valence-corrected chi connectivity index (χ1v) is 9.16. The smallest absolute Gasteiger partial charge is 0.190 e. The lowest BCUT2D eigenvalue weighted by Crippen LogP contribution is -2.40. The minimum atomic E-state index is 0. The predicted octanol–water partition coefficient (Wildman–Crippen LogP) is 2.42. The molecular weight excluding hydrogens is 427 g/mol. The molecule has 1 unspecified atom stereocenters. The van der Waals surface area contributed by atoms with Crippen LogP contribution in [0, 0.1) is 0 Å². The highest BCUT2D eigenvalue weighted by Gasteiger charge is 2.11. The van der Waals surface area contributed by atoms with Gasteiger partial charge in [0.05, 0.1) is 6.61 Å². The molecule has 0 aromatic heterocycles. The van der Waals surface area contributed by atoms with Gasteiger partial charge in [0.25, 0.3) is 0 Å². The Morgan fingerprint density at radius 3 is 2.52 bits per heavy atom. The second-order valence-electron chi connectivity index (χ2n) is 6.43. The summed E-state index contributed by atoms with van der Waals surface area (Å²) in [7, 11) is 1.79. The fourth-order valence-electron chi connectivity index (χ4n) is 3.13. The molecule has 0 radical (unpaired) electrons. The zero-order chi connectivity index (χ0) is 17.0. The van der Waals surface area contributed by atoms with Crippen LogP contribution in [0.3, 0.4) is 0 Å². The second kappa shape index (κ2) is 13.4. The lowest BCUT2D eigenvalue weighted by Gasteiger charge is -2.18. The van der Waals surface area contributed by atoms with Gasteiger partial charge >= 0.3 is 0 Å². The molecule has 0 amide bonds. The fourth-order valence-corrected chi connectivity index (χ4v) is 3.13. The number of likely N-dealkylation sites (tertiary alicyclic amines) is 1. The number of nitrogens with one attached hydrogen (secondary N) is 2. The van der Waals surface area contributed by atoms with Gasteiger partial charge < -0.3 is 20.6 Å². The Morgan fingerprint density at radius 2 is 1.88 bits per heavy atom.